The topological polar surface area (TPSA) is 58.6 Å². The van der Waals surface area contributed by atoms with E-state index in [1.54, 1.807) is 23.8 Å². The van der Waals surface area contributed by atoms with E-state index in [0.717, 1.165) is 29.9 Å². The van der Waals surface area contributed by atoms with Crippen molar-refractivity contribution in [3.63, 3.8) is 0 Å². The zero-order valence-electron chi connectivity index (χ0n) is 18.8. The van der Waals surface area contributed by atoms with Crippen LogP contribution in [0.25, 0.3) is 0 Å². The van der Waals surface area contributed by atoms with Crippen LogP contribution in [-0.2, 0) is 21.9 Å². The van der Waals surface area contributed by atoms with Crippen molar-refractivity contribution in [2.75, 3.05) is 19.4 Å². The summed E-state index contributed by atoms with van der Waals surface area (Å²) in [4.78, 5) is 27.8. The average Bonchev–Trinajstić information content (AvgIpc) is 2.80. The lowest BCUT2D eigenvalue weighted by Gasteiger charge is -2.30. The lowest BCUT2D eigenvalue weighted by atomic mass is 10.1. The van der Waals surface area contributed by atoms with E-state index in [9.17, 15) is 9.59 Å². The molecule has 0 bridgehead atoms. The molecule has 168 valence electrons. The molecule has 2 aromatic rings. The Bertz CT molecular complexity index is 813. The maximum Gasteiger partial charge on any atom is 0.242 e. The second kappa shape index (κ2) is 13.8. The van der Waals surface area contributed by atoms with Gasteiger partial charge in [-0.2, -0.15) is 0 Å². The molecule has 2 amide bonds. The van der Waals surface area contributed by atoms with Gasteiger partial charge in [0, 0.05) is 18.8 Å². The Kier molecular flexibility index (Phi) is 11.0. The fourth-order valence-electron chi connectivity index (χ4n) is 3.31. The van der Waals surface area contributed by atoms with Crippen LogP contribution in [0.15, 0.2) is 54.6 Å². The van der Waals surface area contributed by atoms with Crippen molar-refractivity contribution in [3.8, 4) is 5.75 Å². The zero-order valence-corrected chi connectivity index (χ0v) is 19.6. The third-order valence-electron chi connectivity index (χ3n) is 5.04. The molecule has 0 spiro atoms. The summed E-state index contributed by atoms with van der Waals surface area (Å²) in [7, 11) is 1.62. The van der Waals surface area contributed by atoms with Gasteiger partial charge in [0.25, 0.3) is 0 Å². The van der Waals surface area contributed by atoms with Gasteiger partial charge in [-0.05, 0) is 36.1 Å². The Hall–Kier alpha value is -2.47. The van der Waals surface area contributed by atoms with Gasteiger partial charge in [-0.15, -0.1) is 11.8 Å². The number of carbonyl (C=O) groups is 2. The van der Waals surface area contributed by atoms with Crippen molar-refractivity contribution in [1.82, 2.24) is 10.2 Å². The maximum absolute atomic E-state index is 13.2. The van der Waals surface area contributed by atoms with E-state index in [1.807, 2.05) is 49.4 Å². The van der Waals surface area contributed by atoms with Gasteiger partial charge >= 0.3 is 0 Å². The number of benzene rings is 2. The summed E-state index contributed by atoms with van der Waals surface area (Å²) >= 11 is 1.57. The minimum atomic E-state index is -0.493. The number of nitrogens with zero attached hydrogens (tertiary/aromatic N) is 1. The average molecular weight is 443 g/mol. The predicted molar refractivity (Wildman–Crippen MR) is 128 cm³/mol. The van der Waals surface area contributed by atoms with Crippen LogP contribution in [0.1, 0.15) is 44.2 Å². The van der Waals surface area contributed by atoms with Crippen molar-refractivity contribution in [3.05, 3.63) is 65.7 Å². The van der Waals surface area contributed by atoms with Crippen LogP contribution in [0.5, 0.6) is 5.75 Å². The van der Waals surface area contributed by atoms with Crippen molar-refractivity contribution >= 4 is 23.6 Å². The number of unbranched alkanes of at least 4 members (excludes halogenated alkanes) is 1. The first kappa shape index (κ1) is 24.8. The molecule has 5 nitrogen and oxygen atoms in total. The van der Waals surface area contributed by atoms with Crippen LogP contribution in [0.4, 0.5) is 0 Å². The molecule has 0 aliphatic carbocycles. The Morgan fingerprint density at radius 1 is 1.06 bits per heavy atom. The molecular formula is C25H34N2O3S. The van der Waals surface area contributed by atoms with Crippen LogP contribution in [0.2, 0.25) is 0 Å². The molecule has 2 rings (SSSR count). The number of rotatable bonds is 13. The van der Waals surface area contributed by atoms with Crippen LogP contribution < -0.4 is 10.1 Å². The summed E-state index contributed by atoms with van der Waals surface area (Å²) in [5, 5.41) is 3.00. The minimum absolute atomic E-state index is 0.0266. The predicted octanol–water partition coefficient (Wildman–Crippen LogP) is 4.65. The second-order valence-corrected chi connectivity index (χ2v) is 8.41. The quantitative estimate of drug-likeness (QED) is 0.459. The van der Waals surface area contributed by atoms with E-state index in [1.165, 1.54) is 5.56 Å². The lowest BCUT2D eigenvalue weighted by Crippen LogP contribution is -2.49. The molecule has 0 fully saturated rings. The molecule has 1 atom stereocenters. The Morgan fingerprint density at radius 3 is 2.48 bits per heavy atom. The highest BCUT2D eigenvalue weighted by Gasteiger charge is 2.28. The van der Waals surface area contributed by atoms with Crippen molar-refractivity contribution in [1.29, 1.82) is 0 Å². The molecule has 0 radical (unpaired) electrons. The summed E-state index contributed by atoms with van der Waals surface area (Å²) in [5.74, 6) is 1.72. The summed E-state index contributed by atoms with van der Waals surface area (Å²) in [6, 6.07) is 17.3. The number of methoxy groups -OCH3 is 1. The molecule has 31 heavy (non-hydrogen) atoms. The number of ether oxygens (including phenoxy) is 1. The molecule has 6 heteroatoms. The van der Waals surface area contributed by atoms with E-state index < -0.39 is 6.04 Å². The zero-order chi connectivity index (χ0) is 22.5. The van der Waals surface area contributed by atoms with Gasteiger partial charge in [0.1, 0.15) is 11.8 Å². The van der Waals surface area contributed by atoms with Gasteiger partial charge in [-0.25, -0.2) is 0 Å². The third kappa shape index (κ3) is 8.29. The molecule has 0 saturated heterocycles. The number of thioether (sulfide) groups is 1. The first-order valence-electron chi connectivity index (χ1n) is 10.9. The summed E-state index contributed by atoms with van der Waals surface area (Å²) < 4.78 is 5.32. The molecule has 2 aromatic carbocycles. The van der Waals surface area contributed by atoms with Gasteiger partial charge in [0.2, 0.25) is 11.8 Å². The number of hydrogen-bond acceptors (Lipinski definition) is 4. The van der Waals surface area contributed by atoms with Crippen LogP contribution in [0.3, 0.4) is 0 Å². The smallest absolute Gasteiger partial charge is 0.242 e. The molecule has 0 unspecified atom stereocenters. The van der Waals surface area contributed by atoms with Gasteiger partial charge in [-0.1, -0.05) is 62.7 Å². The summed E-state index contributed by atoms with van der Waals surface area (Å²) in [5.41, 5.74) is 2.13. The van der Waals surface area contributed by atoms with E-state index >= 15 is 0 Å². The summed E-state index contributed by atoms with van der Waals surface area (Å²) in [6.07, 6.45) is 2.51. The van der Waals surface area contributed by atoms with Gasteiger partial charge in [-0.3, -0.25) is 9.59 Å². The first-order chi connectivity index (χ1) is 15.1. The second-order valence-electron chi connectivity index (χ2n) is 7.42. The highest BCUT2D eigenvalue weighted by Crippen LogP contribution is 2.19. The van der Waals surface area contributed by atoms with Crippen molar-refractivity contribution in [2.24, 2.45) is 0 Å². The Labute approximate surface area is 190 Å². The largest absolute Gasteiger partial charge is 0.497 e. The Balaban J connectivity index is 2.12. The Morgan fingerprint density at radius 2 is 1.81 bits per heavy atom. The van der Waals surface area contributed by atoms with E-state index in [4.69, 9.17) is 4.74 Å². The third-order valence-corrected chi connectivity index (χ3v) is 6.03. The van der Waals surface area contributed by atoms with E-state index in [2.05, 4.69) is 24.4 Å². The van der Waals surface area contributed by atoms with Crippen LogP contribution >= 0.6 is 11.8 Å². The molecule has 1 N–H and O–H groups in total. The molecule has 0 aromatic heterocycles. The molecule has 0 aliphatic rings. The van der Waals surface area contributed by atoms with Gasteiger partial charge in [0.05, 0.1) is 12.9 Å². The molecule has 0 heterocycles. The molecular weight excluding hydrogens is 408 g/mol. The van der Waals surface area contributed by atoms with Crippen LogP contribution in [0, 0.1) is 0 Å². The maximum atomic E-state index is 13.2. The van der Waals surface area contributed by atoms with Crippen molar-refractivity contribution in [2.45, 2.75) is 51.4 Å². The molecule has 0 aliphatic heterocycles. The normalized spacial score (nSPS) is 11.6. The fourth-order valence-corrected chi connectivity index (χ4v) is 4.18. The first-order valence-corrected chi connectivity index (χ1v) is 12.1. The number of hydrogen-bond donors (Lipinski definition) is 1. The highest BCUT2D eigenvalue weighted by molar-refractivity contribution is 7.99. The summed E-state index contributed by atoms with van der Waals surface area (Å²) in [6.45, 7) is 5.05. The monoisotopic (exact) mass is 442 g/mol. The van der Waals surface area contributed by atoms with Crippen molar-refractivity contribution < 1.29 is 14.3 Å². The highest BCUT2D eigenvalue weighted by atomic mass is 32.2. The fraction of sp³-hybridized carbons (Fsp3) is 0.440. The standard InChI is InChI=1S/C25H34N2O3S/c1-4-6-15-26-25(29)23(5-2)27(17-21-13-10-14-22(16-21)30-3)24(28)19-31-18-20-11-8-7-9-12-20/h7-14,16,23H,4-6,15,17-19H2,1-3H3,(H,26,29)/t23-/m0/s1. The van der Waals surface area contributed by atoms with Gasteiger partial charge in [0.15, 0.2) is 0 Å². The SMILES string of the molecule is CCCCNC(=O)[C@H](CC)N(Cc1cccc(OC)c1)C(=O)CSCc1ccccc1. The van der Waals surface area contributed by atoms with E-state index in [0.29, 0.717) is 25.3 Å². The minimum Gasteiger partial charge on any atom is -0.497 e. The number of carbonyl (C=O) groups excluding carboxylic acids is 2. The number of nitrogens with one attached hydrogen (secondary N) is 1. The van der Waals surface area contributed by atoms with E-state index in [-0.39, 0.29) is 11.8 Å². The lowest BCUT2D eigenvalue weighted by molar-refractivity contribution is -0.139. The number of amides is 2. The molecule has 0 saturated carbocycles. The van der Waals surface area contributed by atoms with Gasteiger partial charge < -0.3 is 15.0 Å². The van der Waals surface area contributed by atoms with Crippen LogP contribution in [-0.4, -0.2) is 42.2 Å².